The van der Waals surface area contributed by atoms with Crippen LogP contribution in [0.2, 0.25) is 34.7 Å². The van der Waals surface area contributed by atoms with E-state index in [0.29, 0.717) is 70.1 Å². The van der Waals surface area contributed by atoms with Gasteiger partial charge in [-0.1, -0.05) is 86.0 Å². The van der Waals surface area contributed by atoms with Crippen molar-refractivity contribution in [2.75, 3.05) is 28.0 Å². The molecule has 0 N–H and O–H groups in total. The standard InChI is InChI=1S/C35H57ClN5O3Si2/c1-24(2)46(25(3)4,26(5)6)43-21-20-39-32-27(23-40(34(39)42)31-15-13-12-14-30(31)36)22-37-33(38-32)41(44-45(10)11)29-18-16-28(17-19-29)35(7,8)9/h12-15,22,24-26,28-29H,16-21,23H2,1-11H3. The van der Waals surface area contributed by atoms with E-state index in [9.17, 15) is 4.79 Å². The topological polar surface area (TPSA) is 71.0 Å². The van der Waals surface area contributed by atoms with Crippen LogP contribution in [0.5, 0.6) is 0 Å². The molecule has 1 aliphatic heterocycles. The van der Waals surface area contributed by atoms with Gasteiger partial charge in [-0.3, -0.25) is 9.80 Å². The van der Waals surface area contributed by atoms with Crippen LogP contribution in [0.4, 0.5) is 22.2 Å². The Bertz CT molecular complexity index is 1310. The maximum Gasteiger partial charge on any atom is 0.330 e. The zero-order valence-corrected chi connectivity index (χ0v) is 32.8. The summed E-state index contributed by atoms with van der Waals surface area (Å²) in [6, 6.07) is 7.53. The summed E-state index contributed by atoms with van der Waals surface area (Å²) in [5, 5.41) is 2.51. The molecule has 255 valence electrons. The number of halogens is 1. The van der Waals surface area contributed by atoms with E-state index in [1.165, 1.54) is 0 Å². The molecule has 2 aromatic rings. The van der Waals surface area contributed by atoms with Gasteiger partial charge in [0.15, 0.2) is 8.32 Å². The molecule has 11 heteroatoms. The highest BCUT2D eigenvalue weighted by Crippen LogP contribution is 2.43. The first kappa shape index (κ1) is 36.8. The van der Waals surface area contributed by atoms with Crippen LogP contribution >= 0.6 is 11.6 Å². The smallest absolute Gasteiger partial charge is 0.330 e. The summed E-state index contributed by atoms with van der Waals surface area (Å²) in [6.45, 7) is 26.2. The molecule has 4 rings (SSSR count). The third-order valence-corrected chi connectivity index (χ3v) is 17.1. The Morgan fingerprint density at radius 2 is 1.63 bits per heavy atom. The maximum atomic E-state index is 14.3. The Labute approximate surface area is 286 Å². The van der Waals surface area contributed by atoms with Crippen molar-refractivity contribution < 1.29 is 13.7 Å². The van der Waals surface area contributed by atoms with E-state index in [0.717, 1.165) is 31.2 Å². The van der Waals surface area contributed by atoms with Gasteiger partial charge < -0.3 is 8.95 Å². The van der Waals surface area contributed by atoms with E-state index >= 15 is 0 Å². The Hall–Kier alpha value is -1.99. The van der Waals surface area contributed by atoms with Gasteiger partial charge in [0.25, 0.3) is 5.95 Å². The maximum absolute atomic E-state index is 14.3. The molecule has 2 heterocycles. The minimum absolute atomic E-state index is 0.159. The van der Waals surface area contributed by atoms with E-state index < -0.39 is 17.4 Å². The molecule has 0 spiro atoms. The lowest BCUT2D eigenvalue weighted by atomic mass is 9.71. The number of carbonyl (C=O) groups excluding carboxylic acids is 1. The second-order valence-corrected chi connectivity index (χ2v) is 23.2. The lowest BCUT2D eigenvalue weighted by Gasteiger charge is -2.43. The molecule has 0 unspecified atom stereocenters. The number of urea groups is 1. The molecular weight excluding hydrogens is 630 g/mol. The number of benzene rings is 1. The minimum atomic E-state index is -2.13. The van der Waals surface area contributed by atoms with E-state index in [-0.39, 0.29) is 12.1 Å². The first-order valence-corrected chi connectivity index (χ1v) is 22.1. The summed E-state index contributed by atoms with van der Waals surface area (Å²) in [5.74, 6) is 1.85. The quantitative estimate of drug-likeness (QED) is 0.164. The first-order chi connectivity index (χ1) is 21.6. The molecule has 1 aromatic heterocycles. The first-order valence-electron chi connectivity index (χ1n) is 17.2. The minimum Gasteiger partial charge on any atom is -0.414 e. The summed E-state index contributed by atoms with van der Waals surface area (Å²) >= 11 is 6.62. The molecule has 2 aliphatic rings. The fourth-order valence-electron chi connectivity index (χ4n) is 7.84. The molecule has 0 saturated heterocycles. The van der Waals surface area contributed by atoms with Crippen molar-refractivity contribution in [3.63, 3.8) is 0 Å². The van der Waals surface area contributed by atoms with Crippen LogP contribution in [0.25, 0.3) is 0 Å². The number of rotatable bonds is 12. The highest BCUT2D eigenvalue weighted by atomic mass is 35.5. The van der Waals surface area contributed by atoms with Crippen LogP contribution in [0.3, 0.4) is 0 Å². The van der Waals surface area contributed by atoms with Gasteiger partial charge in [0.2, 0.25) is 9.04 Å². The number of amides is 2. The molecule has 1 radical (unpaired) electrons. The van der Waals surface area contributed by atoms with Gasteiger partial charge in [-0.15, -0.1) is 0 Å². The van der Waals surface area contributed by atoms with Crippen LogP contribution in [-0.2, 0) is 15.5 Å². The molecule has 1 aromatic carbocycles. The molecule has 46 heavy (non-hydrogen) atoms. The third-order valence-electron chi connectivity index (χ3n) is 10.1. The predicted molar refractivity (Wildman–Crippen MR) is 196 cm³/mol. The zero-order valence-electron chi connectivity index (χ0n) is 30.1. The van der Waals surface area contributed by atoms with Crippen molar-refractivity contribution in [2.24, 2.45) is 11.3 Å². The summed E-state index contributed by atoms with van der Waals surface area (Å²) in [7, 11) is -3.23. The third kappa shape index (κ3) is 7.83. The van der Waals surface area contributed by atoms with Crippen molar-refractivity contribution in [1.82, 2.24) is 9.97 Å². The van der Waals surface area contributed by atoms with E-state index in [1.54, 1.807) is 9.80 Å². The fourth-order valence-corrected chi connectivity index (χ4v) is 14.1. The van der Waals surface area contributed by atoms with Crippen LogP contribution in [0, 0.1) is 11.3 Å². The highest BCUT2D eigenvalue weighted by molar-refractivity contribution is 6.77. The van der Waals surface area contributed by atoms with Crippen molar-refractivity contribution in [3.05, 3.63) is 41.0 Å². The summed E-state index contributed by atoms with van der Waals surface area (Å²) in [6.07, 6.45) is 6.22. The SMILES string of the molecule is CC(C)[Si](OCCN1C(=O)N(c2ccccc2Cl)Cc2cnc(N(O[Si](C)C)C3CCC(C(C)(C)C)CC3)nc21)(C(C)C)C(C)C. The molecule has 1 aliphatic carbocycles. The predicted octanol–water partition coefficient (Wildman–Crippen LogP) is 9.86. The van der Waals surface area contributed by atoms with Crippen LogP contribution in [0.15, 0.2) is 30.5 Å². The summed E-state index contributed by atoms with van der Waals surface area (Å²) in [5.41, 5.74) is 3.19. The van der Waals surface area contributed by atoms with Crippen molar-refractivity contribution in [1.29, 1.82) is 0 Å². The number of para-hydroxylation sites is 1. The number of nitrogens with zero attached hydrogens (tertiary/aromatic N) is 5. The molecule has 2 amide bonds. The van der Waals surface area contributed by atoms with E-state index in [4.69, 9.17) is 30.5 Å². The Morgan fingerprint density at radius 1 is 1.02 bits per heavy atom. The van der Waals surface area contributed by atoms with Gasteiger partial charge >= 0.3 is 6.03 Å². The Balaban J connectivity index is 1.70. The number of hydrogen-bond acceptors (Lipinski definition) is 6. The van der Waals surface area contributed by atoms with Gasteiger partial charge in [0, 0.05) is 11.8 Å². The molecule has 8 nitrogen and oxygen atoms in total. The van der Waals surface area contributed by atoms with Crippen LogP contribution in [0.1, 0.15) is 93.6 Å². The number of aromatic nitrogens is 2. The van der Waals surface area contributed by atoms with Crippen molar-refractivity contribution in [3.8, 4) is 0 Å². The lowest BCUT2D eigenvalue weighted by Crippen LogP contribution is -2.52. The molecule has 1 saturated carbocycles. The molecule has 0 atom stereocenters. The average molecular weight is 687 g/mol. The van der Waals surface area contributed by atoms with E-state index in [2.05, 4.69) is 75.4 Å². The summed E-state index contributed by atoms with van der Waals surface area (Å²) in [4.78, 5) is 27.8. The lowest BCUT2D eigenvalue weighted by molar-refractivity contribution is 0.133. The molecular formula is C35H57ClN5O3Si2. The van der Waals surface area contributed by atoms with E-state index in [1.807, 2.05) is 35.5 Å². The number of carbonyl (C=O) groups is 1. The van der Waals surface area contributed by atoms with Crippen molar-refractivity contribution >= 4 is 52.4 Å². The fraction of sp³-hybridized carbons (Fsp3) is 0.686. The Kier molecular flexibility index (Phi) is 12.1. The van der Waals surface area contributed by atoms with Gasteiger partial charge in [-0.05, 0) is 78.9 Å². The zero-order chi connectivity index (χ0) is 34.0. The number of anilines is 3. The van der Waals surface area contributed by atoms with Gasteiger partial charge in [0.1, 0.15) is 5.82 Å². The monoisotopic (exact) mass is 686 g/mol. The van der Waals surface area contributed by atoms with Crippen LogP contribution in [-0.4, -0.2) is 52.6 Å². The highest BCUT2D eigenvalue weighted by Gasteiger charge is 2.45. The molecule has 1 fully saturated rings. The number of hydroxylamine groups is 1. The second-order valence-electron chi connectivity index (χ2n) is 15.4. The average Bonchev–Trinajstić information content (AvgIpc) is 2.98. The van der Waals surface area contributed by atoms with Gasteiger partial charge in [0.05, 0.1) is 36.4 Å². The number of hydrogen-bond donors (Lipinski definition) is 0. The second kappa shape index (κ2) is 15.1. The summed E-state index contributed by atoms with van der Waals surface area (Å²) < 4.78 is 13.5. The van der Waals surface area contributed by atoms with Gasteiger partial charge in [-0.25, -0.2) is 14.8 Å². The van der Waals surface area contributed by atoms with Crippen LogP contribution < -0.4 is 14.9 Å². The van der Waals surface area contributed by atoms with Crippen molar-refractivity contribution in [2.45, 2.75) is 130 Å². The molecule has 0 bridgehead atoms. The van der Waals surface area contributed by atoms with Gasteiger partial charge in [-0.2, -0.15) is 4.98 Å². The Morgan fingerprint density at radius 3 is 2.17 bits per heavy atom. The largest absolute Gasteiger partial charge is 0.414 e. The normalized spacial score (nSPS) is 19.5. The number of fused-ring (bicyclic) bond motifs is 1.